The van der Waals surface area contributed by atoms with Crippen LogP contribution in [-0.2, 0) is 4.79 Å². The lowest BCUT2D eigenvalue weighted by atomic mass is 10.1. The van der Waals surface area contributed by atoms with Crippen molar-refractivity contribution < 1.29 is 28.2 Å². The van der Waals surface area contributed by atoms with Gasteiger partial charge in [0.1, 0.15) is 11.5 Å². The van der Waals surface area contributed by atoms with Gasteiger partial charge in [-0.3, -0.25) is 9.59 Å². The number of furan rings is 1. The molecule has 3 N–H and O–H groups in total. The zero-order valence-corrected chi connectivity index (χ0v) is 15.1. The highest BCUT2D eigenvalue weighted by Gasteiger charge is 2.20. The number of methoxy groups -OCH3 is 2. The van der Waals surface area contributed by atoms with Gasteiger partial charge in [-0.1, -0.05) is 0 Å². The maximum atomic E-state index is 12.6. The van der Waals surface area contributed by atoms with Gasteiger partial charge in [0.2, 0.25) is 5.75 Å². The first-order chi connectivity index (χ1) is 12.3. The summed E-state index contributed by atoms with van der Waals surface area (Å²) in [6.07, 6.45) is 0. The minimum Gasteiger partial charge on any atom is -0.493 e. The molecule has 2 amide bonds. The number of ether oxygens (including phenoxy) is 3. The standard InChI is InChI=1S/C18H22N2O6/c1-10-5-6-13(26-10)11(2)20-18(22)12-7-14(23-3)17(15(8-12)24-4)25-9-16(19)21/h5-8,11H,9H2,1-4H3,(H2,19,21)(H,20,22)/t11-/m1/s1. The third-order valence-corrected chi connectivity index (χ3v) is 3.62. The Morgan fingerprint density at radius 3 is 2.27 bits per heavy atom. The summed E-state index contributed by atoms with van der Waals surface area (Å²) in [5.41, 5.74) is 5.40. The number of nitrogens with two attached hydrogens (primary N) is 1. The lowest BCUT2D eigenvalue weighted by molar-refractivity contribution is -0.120. The predicted molar refractivity (Wildman–Crippen MR) is 93.6 cm³/mol. The normalized spacial score (nSPS) is 11.5. The van der Waals surface area contributed by atoms with Crippen molar-refractivity contribution in [2.45, 2.75) is 19.9 Å². The summed E-state index contributed by atoms with van der Waals surface area (Å²) >= 11 is 0. The molecule has 26 heavy (non-hydrogen) atoms. The van der Waals surface area contributed by atoms with Crippen LogP contribution >= 0.6 is 0 Å². The number of carbonyl (C=O) groups excluding carboxylic acids is 2. The van der Waals surface area contributed by atoms with Crippen molar-refractivity contribution in [3.63, 3.8) is 0 Å². The number of amides is 2. The average molecular weight is 362 g/mol. The summed E-state index contributed by atoms with van der Waals surface area (Å²) in [5.74, 6) is 1.12. The Morgan fingerprint density at radius 1 is 1.19 bits per heavy atom. The zero-order chi connectivity index (χ0) is 19.3. The molecule has 8 nitrogen and oxygen atoms in total. The fourth-order valence-corrected chi connectivity index (χ4v) is 2.33. The second kappa shape index (κ2) is 8.28. The van der Waals surface area contributed by atoms with Crippen LogP contribution in [-0.4, -0.2) is 32.6 Å². The van der Waals surface area contributed by atoms with Gasteiger partial charge >= 0.3 is 0 Å². The van der Waals surface area contributed by atoms with E-state index in [0.29, 0.717) is 11.3 Å². The molecule has 0 aliphatic carbocycles. The van der Waals surface area contributed by atoms with Crippen LogP contribution in [0.3, 0.4) is 0 Å². The molecule has 1 heterocycles. The average Bonchev–Trinajstić information content (AvgIpc) is 3.05. The van der Waals surface area contributed by atoms with E-state index in [1.807, 2.05) is 26.0 Å². The number of nitrogens with one attached hydrogen (secondary N) is 1. The minimum atomic E-state index is -0.640. The lowest BCUT2D eigenvalue weighted by Gasteiger charge is -2.16. The summed E-state index contributed by atoms with van der Waals surface area (Å²) < 4.78 is 21.3. The Bertz CT molecular complexity index is 774. The van der Waals surface area contributed by atoms with Crippen LogP contribution in [0.1, 0.15) is 34.8 Å². The number of primary amides is 1. The summed E-state index contributed by atoms with van der Waals surface area (Å²) in [6, 6.07) is 6.30. The van der Waals surface area contributed by atoms with Crippen LogP contribution in [0.25, 0.3) is 0 Å². The Balaban J connectivity index is 2.25. The van der Waals surface area contributed by atoms with Gasteiger partial charge in [0.15, 0.2) is 18.1 Å². The van der Waals surface area contributed by atoms with E-state index in [2.05, 4.69) is 5.32 Å². The van der Waals surface area contributed by atoms with Gasteiger partial charge in [-0.25, -0.2) is 0 Å². The van der Waals surface area contributed by atoms with Gasteiger partial charge in [-0.05, 0) is 38.1 Å². The number of benzene rings is 1. The van der Waals surface area contributed by atoms with Crippen LogP contribution in [0, 0.1) is 6.92 Å². The maximum absolute atomic E-state index is 12.6. The largest absolute Gasteiger partial charge is 0.493 e. The van der Waals surface area contributed by atoms with Crippen LogP contribution in [0.4, 0.5) is 0 Å². The molecule has 2 rings (SSSR count). The van der Waals surface area contributed by atoms with Gasteiger partial charge < -0.3 is 29.7 Å². The monoisotopic (exact) mass is 362 g/mol. The Kier molecular flexibility index (Phi) is 6.11. The predicted octanol–water partition coefficient (Wildman–Crippen LogP) is 1.96. The van der Waals surface area contributed by atoms with E-state index in [9.17, 15) is 9.59 Å². The SMILES string of the molecule is COc1cc(C(=O)N[C@H](C)c2ccc(C)o2)cc(OC)c1OCC(N)=O. The lowest BCUT2D eigenvalue weighted by Crippen LogP contribution is -2.26. The second-order valence-electron chi connectivity index (χ2n) is 5.61. The van der Waals surface area contributed by atoms with E-state index in [1.54, 1.807) is 0 Å². The van der Waals surface area contributed by atoms with Gasteiger partial charge in [0.05, 0.1) is 20.3 Å². The molecule has 0 spiro atoms. The van der Waals surface area contributed by atoms with E-state index in [-0.39, 0.29) is 35.8 Å². The molecule has 0 saturated heterocycles. The summed E-state index contributed by atoms with van der Waals surface area (Å²) in [7, 11) is 2.84. The third kappa shape index (κ3) is 4.47. The van der Waals surface area contributed by atoms with Gasteiger partial charge in [0, 0.05) is 5.56 Å². The van der Waals surface area contributed by atoms with Crippen molar-refractivity contribution in [3.8, 4) is 17.2 Å². The first kappa shape index (κ1) is 19.2. The molecule has 0 aliphatic rings. The quantitative estimate of drug-likeness (QED) is 0.742. The van der Waals surface area contributed by atoms with Crippen LogP contribution < -0.4 is 25.3 Å². The van der Waals surface area contributed by atoms with E-state index in [4.69, 9.17) is 24.4 Å². The van der Waals surface area contributed by atoms with Crippen molar-refractivity contribution in [2.75, 3.05) is 20.8 Å². The van der Waals surface area contributed by atoms with Gasteiger partial charge in [-0.15, -0.1) is 0 Å². The molecular formula is C18H22N2O6. The molecule has 0 saturated carbocycles. The molecule has 1 aromatic carbocycles. The summed E-state index contributed by atoms with van der Waals surface area (Å²) in [4.78, 5) is 23.5. The minimum absolute atomic E-state index is 0.194. The Morgan fingerprint density at radius 2 is 1.81 bits per heavy atom. The topological polar surface area (TPSA) is 113 Å². The molecule has 1 aromatic heterocycles. The van der Waals surface area contributed by atoms with Gasteiger partial charge in [-0.2, -0.15) is 0 Å². The van der Waals surface area contributed by atoms with Crippen LogP contribution in [0.15, 0.2) is 28.7 Å². The molecule has 8 heteroatoms. The van der Waals surface area contributed by atoms with Crippen LogP contribution in [0.5, 0.6) is 17.2 Å². The van der Waals surface area contributed by atoms with E-state index in [0.717, 1.165) is 5.76 Å². The summed E-state index contributed by atoms with van der Waals surface area (Å²) in [5, 5.41) is 2.84. The van der Waals surface area contributed by atoms with E-state index >= 15 is 0 Å². The smallest absolute Gasteiger partial charge is 0.255 e. The number of carbonyl (C=O) groups is 2. The molecule has 0 fully saturated rings. The molecule has 140 valence electrons. The summed E-state index contributed by atoms with van der Waals surface area (Å²) in [6.45, 7) is 3.31. The number of hydrogen-bond acceptors (Lipinski definition) is 6. The van der Waals surface area contributed by atoms with Crippen molar-refractivity contribution in [1.82, 2.24) is 5.32 Å². The third-order valence-electron chi connectivity index (χ3n) is 3.62. The highest BCUT2D eigenvalue weighted by Crippen LogP contribution is 2.38. The molecule has 2 aromatic rings. The fraction of sp³-hybridized carbons (Fsp3) is 0.333. The van der Waals surface area contributed by atoms with Gasteiger partial charge in [0.25, 0.3) is 11.8 Å². The van der Waals surface area contributed by atoms with Crippen molar-refractivity contribution in [3.05, 3.63) is 41.3 Å². The number of rotatable bonds is 8. The molecule has 0 aliphatic heterocycles. The van der Waals surface area contributed by atoms with Crippen molar-refractivity contribution in [1.29, 1.82) is 0 Å². The van der Waals surface area contributed by atoms with Crippen molar-refractivity contribution >= 4 is 11.8 Å². The Hall–Kier alpha value is -3.16. The molecular weight excluding hydrogens is 340 g/mol. The number of hydrogen-bond donors (Lipinski definition) is 2. The first-order valence-corrected chi connectivity index (χ1v) is 7.90. The van der Waals surface area contributed by atoms with E-state index in [1.165, 1.54) is 26.4 Å². The maximum Gasteiger partial charge on any atom is 0.255 e. The molecule has 1 atom stereocenters. The number of aryl methyl sites for hydroxylation is 1. The highest BCUT2D eigenvalue weighted by molar-refractivity contribution is 5.95. The van der Waals surface area contributed by atoms with Crippen molar-refractivity contribution in [2.24, 2.45) is 5.73 Å². The molecule has 0 radical (unpaired) electrons. The van der Waals surface area contributed by atoms with Crippen LogP contribution in [0.2, 0.25) is 0 Å². The first-order valence-electron chi connectivity index (χ1n) is 7.90. The molecule has 0 unspecified atom stereocenters. The second-order valence-corrected chi connectivity index (χ2v) is 5.61. The molecule has 0 bridgehead atoms. The van der Waals surface area contributed by atoms with E-state index < -0.39 is 5.91 Å². The Labute approximate surface area is 151 Å². The zero-order valence-electron chi connectivity index (χ0n) is 15.1. The fourth-order valence-electron chi connectivity index (χ4n) is 2.33. The highest BCUT2D eigenvalue weighted by atomic mass is 16.5.